The first kappa shape index (κ1) is 19.5. The van der Waals surface area contributed by atoms with Gasteiger partial charge in [-0.15, -0.1) is 11.3 Å². The number of thiophene rings is 1. The van der Waals surface area contributed by atoms with Crippen molar-refractivity contribution in [2.75, 3.05) is 27.3 Å². The van der Waals surface area contributed by atoms with Crippen LogP contribution in [-0.4, -0.2) is 44.2 Å². The summed E-state index contributed by atoms with van der Waals surface area (Å²) in [6.45, 7) is 1.74. The molecule has 1 aromatic heterocycles. The highest BCUT2D eigenvalue weighted by atomic mass is 35.5. The van der Waals surface area contributed by atoms with E-state index in [1.165, 1.54) is 31.3 Å². The minimum atomic E-state index is -0.412. The number of benzene rings is 1. The van der Waals surface area contributed by atoms with Crippen molar-refractivity contribution in [3.8, 4) is 16.9 Å². The fraction of sp³-hybridized carbons (Fsp3) is 0.421. The minimum Gasteiger partial charge on any atom is -0.493 e. The lowest BCUT2D eigenvalue weighted by atomic mass is 10.1. The summed E-state index contributed by atoms with van der Waals surface area (Å²) in [5.74, 6) is 0.214. The monoisotopic (exact) mass is 413 g/mol. The zero-order chi connectivity index (χ0) is 18.7. The minimum absolute atomic E-state index is 0.412. The molecule has 0 amide bonds. The third-order valence-electron chi connectivity index (χ3n) is 4.69. The van der Waals surface area contributed by atoms with Crippen molar-refractivity contribution in [3.05, 3.63) is 38.5 Å². The second kappa shape index (κ2) is 8.61. The number of hydrogen-bond acceptors (Lipinski definition) is 5. The number of ether oxygens (including phenoxy) is 2. The molecule has 0 aliphatic carbocycles. The topological polar surface area (TPSA) is 38.8 Å². The van der Waals surface area contributed by atoms with Gasteiger partial charge >= 0.3 is 5.97 Å². The van der Waals surface area contributed by atoms with E-state index in [1.54, 1.807) is 18.2 Å². The molecule has 140 valence electrons. The van der Waals surface area contributed by atoms with E-state index in [0.717, 1.165) is 24.1 Å². The van der Waals surface area contributed by atoms with Gasteiger partial charge in [-0.3, -0.25) is 0 Å². The van der Waals surface area contributed by atoms with Gasteiger partial charge in [0.2, 0.25) is 0 Å². The average Bonchev–Trinajstić information content (AvgIpc) is 3.18. The van der Waals surface area contributed by atoms with Crippen LogP contribution in [0.2, 0.25) is 8.67 Å². The second-order valence-corrected chi connectivity index (χ2v) is 8.67. The normalized spacial score (nSPS) is 17.5. The van der Waals surface area contributed by atoms with Crippen molar-refractivity contribution in [2.24, 2.45) is 0 Å². The first-order chi connectivity index (χ1) is 12.5. The summed E-state index contributed by atoms with van der Waals surface area (Å²) in [6.07, 6.45) is 3.40. The Bertz CT molecular complexity index is 793. The molecule has 0 radical (unpaired) electrons. The van der Waals surface area contributed by atoms with Crippen LogP contribution in [0.4, 0.5) is 0 Å². The molecule has 1 aliphatic rings. The maximum Gasteiger partial charge on any atom is 0.338 e. The van der Waals surface area contributed by atoms with Gasteiger partial charge in [-0.1, -0.05) is 23.2 Å². The van der Waals surface area contributed by atoms with Crippen LogP contribution in [0.1, 0.15) is 29.6 Å². The average molecular weight is 414 g/mol. The summed E-state index contributed by atoms with van der Waals surface area (Å²) >= 11 is 13.6. The Morgan fingerprint density at radius 3 is 2.73 bits per heavy atom. The number of esters is 1. The summed E-state index contributed by atoms with van der Waals surface area (Å²) in [7, 11) is 3.51. The highest BCUT2D eigenvalue weighted by Crippen LogP contribution is 2.39. The highest BCUT2D eigenvalue weighted by molar-refractivity contribution is 7.20. The van der Waals surface area contributed by atoms with Gasteiger partial charge < -0.3 is 14.4 Å². The fourth-order valence-corrected chi connectivity index (χ4v) is 4.77. The van der Waals surface area contributed by atoms with E-state index in [1.807, 2.05) is 6.07 Å². The second-order valence-electron chi connectivity index (χ2n) is 6.39. The number of methoxy groups -OCH3 is 1. The largest absolute Gasteiger partial charge is 0.493 e. The Balaban J connectivity index is 1.80. The molecule has 0 N–H and O–H groups in total. The van der Waals surface area contributed by atoms with Crippen LogP contribution in [0, 0.1) is 0 Å². The van der Waals surface area contributed by atoms with Crippen LogP contribution >= 0.6 is 34.5 Å². The summed E-state index contributed by atoms with van der Waals surface area (Å²) in [4.78, 5) is 14.4. The van der Waals surface area contributed by atoms with Gasteiger partial charge in [-0.25, -0.2) is 4.79 Å². The molecule has 0 saturated carbocycles. The molecule has 2 heterocycles. The van der Waals surface area contributed by atoms with E-state index in [9.17, 15) is 4.79 Å². The number of likely N-dealkylation sites (tertiary alicyclic amines) is 1. The Labute approximate surface area is 167 Å². The van der Waals surface area contributed by atoms with Crippen LogP contribution in [0.3, 0.4) is 0 Å². The summed E-state index contributed by atoms with van der Waals surface area (Å²) < 4.78 is 12.0. The van der Waals surface area contributed by atoms with E-state index in [0.29, 0.717) is 32.6 Å². The zero-order valence-electron chi connectivity index (χ0n) is 14.8. The van der Waals surface area contributed by atoms with E-state index in [4.69, 9.17) is 32.7 Å². The Morgan fingerprint density at radius 1 is 1.31 bits per heavy atom. The Morgan fingerprint density at radius 2 is 2.12 bits per heavy atom. The molecule has 3 rings (SSSR count). The van der Waals surface area contributed by atoms with Gasteiger partial charge in [-0.2, -0.15) is 0 Å². The van der Waals surface area contributed by atoms with Crippen molar-refractivity contribution < 1.29 is 14.3 Å². The molecule has 26 heavy (non-hydrogen) atoms. The summed E-state index contributed by atoms with van der Waals surface area (Å²) in [5.41, 5.74) is 2.00. The Hall–Kier alpha value is -1.27. The standard InChI is InChI=1S/C19H21Cl2NO3S/c1-22-6-3-4-14(22)5-7-25-15-9-12(8-13(10-15)19(23)24-2)16-11-17(20)26-18(16)21/h8-11,14H,3-7H2,1-2H3. The lowest BCUT2D eigenvalue weighted by Gasteiger charge is -2.19. The third kappa shape index (κ3) is 4.52. The SMILES string of the molecule is COC(=O)c1cc(OCCC2CCCN2C)cc(-c2cc(Cl)sc2Cl)c1. The number of nitrogens with zero attached hydrogens (tertiary/aromatic N) is 1. The van der Waals surface area contributed by atoms with Crippen LogP contribution in [0.25, 0.3) is 11.1 Å². The van der Waals surface area contributed by atoms with Crippen molar-refractivity contribution in [1.29, 1.82) is 0 Å². The molecule has 1 saturated heterocycles. The molecule has 1 aromatic carbocycles. The van der Waals surface area contributed by atoms with Crippen LogP contribution in [-0.2, 0) is 4.74 Å². The molecule has 0 spiro atoms. The molecule has 1 unspecified atom stereocenters. The molecule has 1 aliphatic heterocycles. The maximum absolute atomic E-state index is 12.0. The number of hydrogen-bond donors (Lipinski definition) is 0. The van der Waals surface area contributed by atoms with E-state index in [2.05, 4.69) is 11.9 Å². The van der Waals surface area contributed by atoms with Crippen molar-refractivity contribution >= 4 is 40.5 Å². The predicted octanol–water partition coefficient (Wildman–Crippen LogP) is 5.37. The van der Waals surface area contributed by atoms with E-state index < -0.39 is 5.97 Å². The summed E-state index contributed by atoms with van der Waals surface area (Å²) in [5, 5.41) is 0. The van der Waals surface area contributed by atoms with Crippen molar-refractivity contribution in [3.63, 3.8) is 0 Å². The van der Waals surface area contributed by atoms with E-state index >= 15 is 0 Å². The van der Waals surface area contributed by atoms with Crippen molar-refractivity contribution in [2.45, 2.75) is 25.3 Å². The van der Waals surface area contributed by atoms with Crippen LogP contribution < -0.4 is 4.74 Å². The molecule has 1 fully saturated rings. The van der Waals surface area contributed by atoms with Crippen LogP contribution in [0.15, 0.2) is 24.3 Å². The van der Waals surface area contributed by atoms with Crippen molar-refractivity contribution in [1.82, 2.24) is 4.90 Å². The van der Waals surface area contributed by atoms with Gasteiger partial charge in [0.05, 0.1) is 23.6 Å². The Kier molecular flexibility index (Phi) is 6.46. The zero-order valence-corrected chi connectivity index (χ0v) is 17.1. The number of carbonyl (C=O) groups excluding carboxylic acids is 1. The predicted molar refractivity (Wildman–Crippen MR) is 107 cm³/mol. The third-order valence-corrected chi connectivity index (χ3v) is 6.17. The lowest BCUT2D eigenvalue weighted by Crippen LogP contribution is -2.26. The van der Waals surface area contributed by atoms with Gasteiger partial charge in [0.1, 0.15) is 10.1 Å². The molecule has 0 bridgehead atoms. The molecule has 4 nitrogen and oxygen atoms in total. The lowest BCUT2D eigenvalue weighted by molar-refractivity contribution is 0.0600. The maximum atomic E-state index is 12.0. The fourth-order valence-electron chi connectivity index (χ4n) is 3.27. The smallest absolute Gasteiger partial charge is 0.338 e. The highest BCUT2D eigenvalue weighted by Gasteiger charge is 2.20. The van der Waals surface area contributed by atoms with E-state index in [-0.39, 0.29) is 0 Å². The van der Waals surface area contributed by atoms with Gasteiger partial charge in [0.15, 0.2) is 0 Å². The molecular formula is C19H21Cl2NO3S. The first-order valence-corrected chi connectivity index (χ1v) is 10.1. The molecular weight excluding hydrogens is 393 g/mol. The quantitative estimate of drug-likeness (QED) is 0.596. The van der Waals surface area contributed by atoms with Gasteiger partial charge in [0, 0.05) is 11.6 Å². The molecule has 1 atom stereocenters. The summed E-state index contributed by atoms with van der Waals surface area (Å²) in [6, 6.07) is 7.68. The molecule has 2 aromatic rings. The number of rotatable bonds is 6. The van der Waals surface area contributed by atoms with Gasteiger partial charge in [0.25, 0.3) is 0 Å². The number of halogens is 2. The number of carbonyl (C=O) groups is 1. The molecule has 7 heteroatoms. The van der Waals surface area contributed by atoms with Crippen LogP contribution in [0.5, 0.6) is 5.75 Å². The first-order valence-electron chi connectivity index (χ1n) is 8.49. The van der Waals surface area contributed by atoms with Gasteiger partial charge in [-0.05, 0) is 62.7 Å².